The summed E-state index contributed by atoms with van der Waals surface area (Å²) in [6.45, 7) is 0. The minimum absolute atomic E-state index is 0.248. The van der Waals surface area contributed by atoms with Crippen LogP contribution in [0.4, 0.5) is 5.69 Å². The summed E-state index contributed by atoms with van der Waals surface area (Å²) >= 11 is 0. The highest BCUT2D eigenvalue weighted by Gasteiger charge is 1.89. The molecule has 0 amide bonds. The zero-order chi connectivity index (χ0) is 11.4. The van der Waals surface area contributed by atoms with Crippen LogP contribution in [0.5, 0.6) is 5.75 Å². The van der Waals surface area contributed by atoms with E-state index in [-0.39, 0.29) is 5.75 Å². The van der Waals surface area contributed by atoms with Crippen LogP contribution < -0.4 is 5.73 Å². The molecule has 0 atom stereocenters. The fourth-order valence-electron chi connectivity index (χ4n) is 1.26. The van der Waals surface area contributed by atoms with Crippen molar-refractivity contribution < 1.29 is 5.11 Å². The average Bonchev–Trinajstić information content (AvgIpc) is 2.30. The van der Waals surface area contributed by atoms with Gasteiger partial charge in [0.2, 0.25) is 0 Å². The van der Waals surface area contributed by atoms with Crippen LogP contribution >= 0.6 is 0 Å². The topological polar surface area (TPSA) is 46.2 Å². The lowest BCUT2D eigenvalue weighted by Crippen LogP contribution is -1.83. The fourth-order valence-corrected chi connectivity index (χ4v) is 1.26. The van der Waals surface area contributed by atoms with Gasteiger partial charge in [-0.15, -0.1) is 0 Å². The summed E-state index contributed by atoms with van der Waals surface area (Å²) < 4.78 is 0. The summed E-state index contributed by atoms with van der Waals surface area (Å²) in [5, 5.41) is 9.11. The van der Waals surface area contributed by atoms with E-state index in [1.165, 1.54) is 0 Å². The Bertz CT molecular complexity index is 480. The molecule has 0 bridgehead atoms. The van der Waals surface area contributed by atoms with Crippen LogP contribution in [0.1, 0.15) is 11.1 Å². The third-order valence-electron chi connectivity index (χ3n) is 2.13. The first-order valence-corrected chi connectivity index (χ1v) is 4.91. The maximum absolute atomic E-state index is 9.11. The minimum Gasteiger partial charge on any atom is -0.508 e. The van der Waals surface area contributed by atoms with Gasteiger partial charge in [0.15, 0.2) is 0 Å². The summed E-state index contributed by atoms with van der Waals surface area (Å²) in [6.07, 6.45) is 0. The molecule has 0 aliphatic rings. The highest BCUT2D eigenvalue weighted by molar-refractivity contribution is 5.48. The predicted molar refractivity (Wildman–Crippen MR) is 64.9 cm³/mol. The van der Waals surface area contributed by atoms with Crippen molar-refractivity contribution in [2.24, 2.45) is 0 Å². The molecule has 0 spiro atoms. The lowest BCUT2D eigenvalue weighted by atomic mass is 10.1. The standard InChI is InChI=1S/C14H11NO/c15-13-7-3-11(4-8-13)1-2-12-5-9-14(16)10-6-12/h3-10,16H,15H2. The Labute approximate surface area is 94.4 Å². The van der Waals surface area contributed by atoms with Crippen molar-refractivity contribution in [1.29, 1.82) is 0 Å². The monoisotopic (exact) mass is 209 g/mol. The molecule has 2 aromatic rings. The predicted octanol–water partition coefficient (Wildman–Crippen LogP) is 2.37. The number of hydrogen-bond acceptors (Lipinski definition) is 2. The summed E-state index contributed by atoms with van der Waals surface area (Å²) in [6, 6.07) is 14.2. The van der Waals surface area contributed by atoms with Crippen molar-refractivity contribution >= 4 is 5.69 Å². The number of anilines is 1. The zero-order valence-corrected chi connectivity index (χ0v) is 8.64. The lowest BCUT2D eigenvalue weighted by Gasteiger charge is -1.93. The SMILES string of the molecule is Nc1ccc(C#Cc2ccc(O)cc2)cc1. The molecule has 2 aromatic carbocycles. The Balaban J connectivity index is 2.21. The third-order valence-corrected chi connectivity index (χ3v) is 2.13. The highest BCUT2D eigenvalue weighted by atomic mass is 16.3. The van der Waals surface area contributed by atoms with Gasteiger partial charge in [-0.3, -0.25) is 0 Å². The van der Waals surface area contributed by atoms with E-state index in [1.54, 1.807) is 24.3 Å². The maximum atomic E-state index is 9.11. The molecule has 0 unspecified atom stereocenters. The van der Waals surface area contributed by atoms with Gasteiger partial charge in [0.25, 0.3) is 0 Å². The van der Waals surface area contributed by atoms with Crippen LogP contribution in [0.3, 0.4) is 0 Å². The largest absolute Gasteiger partial charge is 0.508 e. The van der Waals surface area contributed by atoms with E-state index in [0.717, 1.165) is 16.8 Å². The van der Waals surface area contributed by atoms with Crippen LogP contribution in [0.15, 0.2) is 48.5 Å². The number of phenols is 1. The number of aromatic hydroxyl groups is 1. The summed E-state index contributed by atoms with van der Waals surface area (Å²) in [5.41, 5.74) is 8.10. The smallest absolute Gasteiger partial charge is 0.115 e. The first-order chi connectivity index (χ1) is 7.74. The zero-order valence-electron chi connectivity index (χ0n) is 8.64. The van der Waals surface area contributed by atoms with Gasteiger partial charge in [0.1, 0.15) is 5.75 Å². The van der Waals surface area contributed by atoms with E-state index < -0.39 is 0 Å². The van der Waals surface area contributed by atoms with Crippen LogP contribution in [0.2, 0.25) is 0 Å². The van der Waals surface area contributed by atoms with Gasteiger partial charge in [-0.1, -0.05) is 11.8 Å². The molecule has 0 saturated carbocycles. The summed E-state index contributed by atoms with van der Waals surface area (Å²) in [7, 11) is 0. The molecule has 0 aliphatic heterocycles. The molecular formula is C14H11NO. The van der Waals surface area contributed by atoms with Crippen molar-refractivity contribution in [1.82, 2.24) is 0 Å². The van der Waals surface area contributed by atoms with E-state index in [1.807, 2.05) is 24.3 Å². The number of nitrogen functional groups attached to an aromatic ring is 1. The lowest BCUT2D eigenvalue weighted by molar-refractivity contribution is 0.475. The fraction of sp³-hybridized carbons (Fsp3) is 0. The first kappa shape index (κ1) is 10.1. The Morgan fingerprint density at radius 2 is 1.19 bits per heavy atom. The van der Waals surface area contributed by atoms with Crippen molar-refractivity contribution in [2.75, 3.05) is 5.73 Å². The van der Waals surface area contributed by atoms with Gasteiger partial charge in [0.05, 0.1) is 0 Å². The van der Waals surface area contributed by atoms with Gasteiger partial charge in [-0.25, -0.2) is 0 Å². The van der Waals surface area contributed by atoms with E-state index in [9.17, 15) is 0 Å². The Morgan fingerprint density at radius 3 is 1.69 bits per heavy atom. The Hall–Kier alpha value is -2.40. The molecule has 0 aliphatic carbocycles. The van der Waals surface area contributed by atoms with Gasteiger partial charge >= 0.3 is 0 Å². The van der Waals surface area contributed by atoms with Crippen LogP contribution in [-0.2, 0) is 0 Å². The second-order valence-corrected chi connectivity index (χ2v) is 3.42. The molecule has 0 aromatic heterocycles. The molecular weight excluding hydrogens is 198 g/mol. The maximum Gasteiger partial charge on any atom is 0.115 e. The second kappa shape index (κ2) is 4.41. The van der Waals surface area contributed by atoms with E-state index in [4.69, 9.17) is 10.8 Å². The van der Waals surface area contributed by atoms with Gasteiger partial charge < -0.3 is 10.8 Å². The van der Waals surface area contributed by atoms with E-state index in [2.05, 4.69) is 11.8 Å². The molecule has 0 saturated heterocycles. The number of nitrogens with two attached hydrogens (primary N) is 1. The summed E-state index contributed by atoms with van der Waals surface area (Å²) in [4.78, 5) is 0. The Morgan fingerprint density at radius 1 is 0.750 bits per heavy atom. The molecule has 78 valence electrons. The minimum atomic E-state index is 0.248. The quantitative estimate of drug-likeness (QED) is 0.517. The number of rotatable bonds is 0. The van der Waals surface area contributed by atoms with Crippen molar-refractivity contribution in [3.05, 3.63) is 59.7 Å². The molecule has 16 heavy (non-hydrogen) atoms. The number of benzene rings is 2. The van der Waals surface area contributed by atoms with Crippen molar-refractivity contribution in [3.63, 3.8) is 0 Å². The van der Waals surface area contributed by atoms with Gasteiger partial charge in [-0.2, -0.15) is 0 Å². The van der Waals surface area contributed by atoms with Gasteiger partial charge in [-0.05, 0) is 48.5 Å². The normalized spacial score (nSPS) is 9.25. The average molecular weight is 209 g/mol. The summed E-state index contributed by atoms with van der Waals surface area (Å²) in [5.74, 6) is 6.27. The molecule has 2 nitrogen and oxygen atoms in total. The van der Waals surface area contributed by atoms with Crippen LogP contribution in [0.25, 0.3) is 0 Å². The highest BCUT2D eigenvalue weighted by Crippen LogP contribution is 2.09. The molecule has 2 heteroatoms. The third kappa shape index (κ3) is 2.55. The molecule has 0 radical (unpaired) electrons. The van der Waals surface area contributed by atoms with Crippen molar-refractivity contribution in [2.45, 2.75) is 0 Å². The molecule has 0 fully saturated rings. The van der Waals surface area contributed by atoms with Crippen LogP contribution in [0, 0.1) is 11.8 Å². The van der Waals surface area contributed by atoms with E-state index in [0.29, 0.717) is 0 Å². The first-order valence-electron chi connectivity index (χ1n) is 4.91. The number of phenolic OH excluding ortho intramolecular Hbond substituents is 1. The Kier molecular flexibility index (Phi) is 2.79. The van der Waals surface area contributed by atoms with E-state index >= 15 is 0 Å². The molecule has 0 heterocycles. The molecule has 2 rings (SSSR count). The van der Waals surface area contributed by atoms with Crippen LogP contribution in [-0.4, -0.2) is 5.11 Å². The second-order valence-electron chi connectivity index (χ2n) is 3.42. The number of hydrogen-bond donors (Lipinski definition) is 2. The van der Waals surface area contributed by atoms with Gasteiger partial charge in [0, 0.05) is 16.8 Å². The molecule has 3 N–H and O–H groups in total. The van der Waals surface area contributed by atoms with Crippen molar-refractivity contribution in [3.8, 4) is 17.6 Å².